The van der Waals surface area contributed by atoms with Gasteiger partial charge in [-0.25, -0.2) is 18.1 Å². The average Bonchev–Trinajstić information content (AvgIpc) is 3.17. The highest BCUT2D eigenvalue weighted by molar-refractivity contribution is 7.89. The number of rotatable bonds is 8. The molecule has 1 unspecified atom stereocenters. The van der Waals surface area contributed by atoms with Crippen molar-refractivity contribution in [3.63, 3.8) is 0 Å². The van der Waals surface area contributed by atoms with Crippen LogP contribution in [0.4, 0.5) is 5.69 Å². The summed E-state index contributed by atoms with van der Waals surface area (Å²) < 4.78 is 33.4. The summed E-state index contributed by atoms with van der Waals surface area (Å²) in [5, 5.41) is 0.670. The fourth-order valence-electron chi connectivity index (χ4n) is 3.97. The van der Waals surface area contributed by atoms with E-state index in [9.17, 15) is 22.8 Å². The number of carbonyl (C=O) groups is 3. The standard InChI is InChI=1S/C26H22Cl2N2O6S/c1-2-36-26(33)17-7-11-20(12-8-17)30-24(31)15-23(25(30)32)29(16-18-5-3-4-6-22(18)28)37(34,35)21-13-9-19(27)10-14-21/h3-14,23H,2,15-16H2,1H3. The minimum Gasteiger partial charge on any atom is -0.462 e. The Morgan fingerprint density at radius 1 is 1.00 bits per heavy atom. The number of carbonyl (C=O) groups excluding carboxylic acids is 3. The van der Waals surface area contributed by atoms with Gasteiger partial charge in [0.1, 0.15) is 6.04 Å². The number of benzene rings is 3. The smallest absolute Gasteiger partial charge is 0.338 e. The summed E-state index contributed by atoms with van der Waals surface area (Å²) in [5.41, 5.74) is 0.943. The monoisotopic (exact) mass is 560 g/mol. The highest BCUT2D eigenvalue weighted by Gasteiger charge is 2.47. The Morgan fingerprint density at radius 2 is 1.65 bits per heavy atom. The Balaban J connectivity index is 1.70. The number of esters is 1. The lowest BCUT2D eigenvalue weighted by molar-refractivity contribution is -0.122. The third-order valence-corrected chi connectivity index (χ3v) is 8.30. The van der Waals surface area contributed by atoms with Gasteiger partial charge in [-0.15, -0.1) is 0 Å². The van der Waals surface area contributed by atoms with Gasteiger partial charge in [0.25, 0.3) is 5.91 Å². The molecule has 0 aliphatic carbocycles. The Morgan fingerprint density at radius 3 is 2.27 bits per heavy atom. The molecular formula is C26H22Cl2N2O6S. The summed E-state index contributed by atoms with van der Waals surface area (Å²) in [6.07, 6.45) is -0.365. The highest BCUT2D eigenvalue weighted by Crippen LogP contribution is 2.32. The minimum atomic E-state index is -4.25. The van der Waals surface area contributed by atoms with E-state index in [1.165, 1.54) is 48.5 Å². The highest BCUT2D eigenvalue weighted by atomic mass is 35.5. The summed E-state index contributed by atoms with van der Waals surface area (Å²) in [4.78, 5) is 39.3. The normalized spacial score (nSPS) is 15.9. The first-order valence-corrected chi connectivity index (χ1v) is 13.5. The first-order valence-electron chi connectivity index (χ1n) is 11.3. The molecule has 1 fully saturated rings. The first-order chi connectivity index (χ1) is 17.6. The Labute approximate surface area is 224 Å². The third-order valence-electron chi connectivity index (χ3n) is 5.81. The van der Waals surface area contributed by atoms with Gasteiger partial charge in [0.05, 0.1) is 29.2 Å². The molecule has 1 atom stereocenters. The number of amides is 2. The second-order valence-electron chi connectivity index (χ2n) is 8.15. The topological polar surface area (TPSA) is 101 Å². The molecule has 1 heterocycles. The largest absolute Gasteiger partial charge is 0.462 e. The number of hydrogen-bond donors (Lipinski definition) is 0. The zero-order valence-corrected chi connectivity index (χ0v) is 22.0. The summed E-state index contributed by atoms with van der Waals surface area (Å²) >= 11 is 12.2. The van der Waals surface area contributed by atoms with E-state index in [0.29, 0.717) is 15.6 Å². The van der Waals surface area contributed by atoms with Crippen LogP contribution in [0.25, 0.3) is 0 Å². The molecule has 8 nitrogen and oxygen atoms in total. The van der Waals surface area contributed by atoms with Gasteiger partial charge < -0.3 is 4.74 Å². The maximum Gasteiger partial charge on any atom is 0.338 e. The molecule has 1 saturated heterocycles. The van der Waals surface area contributed by atoms with Gasteiger partial charge in [0, 0.05) is 16.6 Å². The lowest BCUT2D eigenvalue weighted by Gasteiger charge is -2.27. The van der Waals surface area contributed by atoms with Crippen molar-refractivity contribution < 1.29 is 27.5 Å². The van der Waals surface area contributed by atoms with Crippen LogP contribution >= 0.6 is 23.2 Å². The second kappa shape index (κ2) is 11.0. The van der Waals surface area contributed by atoms with Gasteiger partial charge in [-0.2, -0.15) is 4.31 Å². The van der Waals surface area contributed by atoms with Gasteiger partial charge in [-0.05, 0) is 67.1 Å². The van der Waals surface area contributed by atoms with E-state index < -0.39 is 33.8 Å². The van der Waals surface area contributed by atoms with E-state index in [1.807, 2.05) is 0 Å². The lowest BCUT2D eigenvalue weighted by Crippen LogP contribution is -2.45. The number of nitrogens with zero attached hydrogens (tertiary/aromatic N) is 2. The molecule has 0 bridgehead atoms. The van der Waals surface area contributed by atoms with Crippen molar-refractivity contribution in [1.29, 1.82) is 0 Å². The molecule has 1 aliphatic heterocycles. The van der Waals surface area contributed by atoms with Crippen molar-refractivity contribution >= 4 is 56.7 Å². The average molecular weight is 561 g/mol. The van der Waals surface area contributed by atoms with Crippen molar-refractivity contribution in [2.75, 3.05) is 11.5 Å². The molecule has 0 aromatic heterocycles. The zero-order valence-electron chi connectivity index (χ0n) is 19.6. The summed E-state index contributed by atoms with van der Waals surface area (Å²) in [5.74, 6) is -1.82. The molecule has 3 aromatic carbocycles. The van der Waals surface area contributed by atoms with Crippen LogP contribution in [0.2, 0.25) is 10.0 Å². The molecule has 37 heavy (non-hydrogen) atoms. The second-order valence-corrected chi connectivity index (χ2v) is 10.9. The Kier molecular flexibility index (Phi) is 7.99. The van der Waals surface area contributed by atoms with E-state index in [-0.39, 0.29) is 35.7 Å². The van der Waals surface area contributed by atoms with Gasteiger partial charge in [-0.1, -0.05) is 41.4 Å². The fraction of sp³-hybridized carbons (Fsp3) is 0.192. The van der Waals surface area contributed by atoms with E-state index in [2.05, 4.69) is 0 Å². The van der Waals surface area contributed by atoms with Gasteiger partial charge >= 0.3 is 5.97 Å². The van der Waals surface area contributed by atoms with Crippen molar-refractivity contribution in [1.82, 2.24) is 4.31 Å². The van der Waals surface area contributed by atoms with Crippen molar-refractivity contribution in [2.24, 2.45) is 0 Å². The molecule has 1 aliphatic rings. The number of ether oxygens (including phenoxy) is 1. The molecule has 2 amide bonds. The van der Waals surface area contributed by atoms with Crippen LogP contribution in [0.3, 0.4) is 0 Å². The van der Waals surface area contributed by atoms with Crippen LogP contribution in [0, 0.1) is 0 Å². The number of anilines is 1. The van der Waals surface area contributed by atoms with Crippen LogP contribution in [-0.4, -0.2) is 43.2 Å². The fourth-order valence-corrected chi connectivity index (χ4v) is 5.85. The minimum absolute atomic E-state index is 0.0820. The molecule has 0 radical (unpaired) electrons. The molecule has 3 aromatic rings. The van der Waals surface area contributed by atoms with Crippen molar-refractivity contribution in [3.8, 4) is 0 Å². The van der Waals surface area contributed by atoms with E-state index in [0.717, 1.165) is 9.21 Å². The maximum atomic E-state index is 13.7. The van der Waals surface area contributed by atoms with Crippen LogP contribution in [0.5, 0.6) is 0 Å². The molecule has 0 N–H and O–H groups in total. The molecule has 4 rings (SSSR count). The molecule has 0 saturated carbocycles. The lowest BCUT2D eigenvalue weighted by atomic mass is 10.2. The van der Waals surface area contributed by atoms with Crippen molar-refractivity contribution in [2.45, 2.75) is 30.8 Å². The van der Waals surface area contributed by atoms with Crippen molar-refractivity contribution in [3.05, 3.63) is 94.0 Å². The quantitative estimate of drug-likeness (QED) is 0.292. The summed E-state index contributed by atoms with van der Waals surface area (Å²) in [7, 11) is -4.25. The van der Waals surface area contributed by atoms with Gasteiger partial charge in [-0.3, -0.25) is 9.59 Å². The van der Waals surface area contributed by atoms with E-state index >= 15 is 0 Å². The summed E-state index contributed by atoms with van der Waals surface area (Å²) in [6, 6.07) is 16.7. The third kappa shape index (κ3) is 5.55. The van der Waals surface area contributed by atoms with E-state index in [1.54, 1.807) is 31.2 Å². The van der Waals surface area contributed by atoms with Crippen LogP contribution < -0.4 is 4.90 Å². The predicted molar refractivity (Wildman–Crippen MR) is 139 cm³/mol. The van der Waals surface area contributed by atoms with Crippen LogP contribution in [0.15, 0.2) is 77.7 Å². The Hall–Kier alpha value is -3.24. The number of imide groups is 1. The first kappa shape index (κ1) is 26.8. The van der Waals surface area contributed by atoms with E-state index in [4.69, 9.17) is 27.9 Å². The molecule has 0 spiro atoms. The summed E-state index contributed by atoms with van der Waals surface area (Å²) in [6.45, 7) is 1.65. The Bertz CT molecular complexity index is 1440. The SMILES string of the molecule is CCOC(=O)c1ccc(N2C(=O)CC(N(Cc3ccccc3Cl)S(=O)(=O)c3ccc(Cl)cc3)C2=O)cc1. The molecule has 192 valence electrons. The van der Waals surface area contributed by atoms with Crippen LogP contribution in [-0.2, 0) is 30.9 Å². The van der Waals surface area contributed by atoms with Crippen LogP contribution in [0.1, 0.15) is 29.3 Å². The number of halogens is 2. The zero-order chi connectivity index (χ0) is 26.7. The number of sulfonamides is 1. The molecular weight excluding hydrogens is 539 g/mol. The maximum absolute atomic E-state index is 13.7. The predicted octanol–water partition coefficient (Wildman–Crippen LogP) is 4.69. The van der Waals surface area contributed by atoms with Gasteiger partial charge in [0.15, 0.2) is 0 Å². The molecule has 11 heteroatoms. The number of hydrogen-bond acceptors (Lipinski definition) is 6. The van der Waals surface area contributed by atoms with Gasteiger partial charge in [0.2, 0.25) is 15.9 Å².